The molecule has 0 N–H and O–H groups in total. The Kier molecular flexibility index (Phi) is 1.87. The number of hydrogen-bond acceptors (Lipinski definition) is 2. The van der Waals surface area contributed by atoms with Gasteiger partial charge in [0.1, 0.15) is 5.60 Å². The van der Waals surface area contributed by atoms with Crippen molar-refractivity contribution in [2.45, 2.75) is 37.7 Å². The summed E-state index contributed by atoms with van der Waals surface area (Å²) in [6, 6.07) is -11.0. The largest absolute Gasteiger partial charge is 0.366 e. The lowest BCUT2D eigenvalue weighted by Crippen LogP contribution is -2.31. The summed E-state index contributed by atoms with van der Waals surface area (Å²) in [5.74, 6) is 0. The second-order valence-electron chi connectivity index (χ2n) is 4.96. The zero-order chi connectivity index (χ0) is 32.9. The third-order valence-electron chi connectivity index (χ3n) is 3.39. The quantitative estimate of drug-likeness (QED) is 0.709. The molecule has 0 unspecified atom stereocenters. The highest BCUT2D eigenvalue weighted by Crippen LogP contribution is 2.34. The van der Waals surface area contributed by atoms with Crippen LogP contribution in [0.4, 0.5) is 0 Å². The minimum absolute atomic E-state index is 0.239. The molecular formula is C21H26ClNO. The van der Waals surface area contributed by atoms with E-state index < -0.39 is 114 Å². The minimum atomic E-state index is -3.53. The summed E-state index contributed by atoms with van der Waals surface area (Å²) >= 11 is 5.93. The first-order valence-corrected chi connectivity index (χ1v) is 7.31. The first-order valence-electron chi connectivity index (χ1n) is 15.9. The summed E-state index contributed by atoms with van der Waals surface area (Å²) < 4.78 is 155. The van der Waals surface area contributed by atoms with E-state index in [0.717, 1.165) is 14.0 Å². The van der Waals surface area contributed by atoms with Gasteiger partial charge < -0.3 is 9.64 Å². The number of benzene rings is 2. The van der Waals surface area contributed by atoms with Crippen molar-refractivity contribution in [2.24, 2.45) is 0 Å². The molecule has 1 fully saturated rings. The SMILES string of the molecule is [2H]c1c([2H])c([2H])c([C@@](C)(OCC([2H])([2H])[C@]2([2H])N(C)C([2H])([2H])C([2H])([2H])C2([2H])[2H])c2c([2H])c([2H])c(Cl)c([2H])c2[2H])c([2H])c1[2H]. The number of nitrogens with zero attached hydrogens (tertiary/aromatic N) is 1. The van der Waals surface area contributed by atoms with Crippen LogP contribution in [0.1, 0.15) is 61.8 Å². The summed E-state index contributed by atoms with van der Waals surface area (Å²) in [5.41, 5.74) is -4.06. The Hall–Kier alpha value is -1.35. The molecule has 0 aromatic heterocycles. The van der Waals surface area contributed by atoms with Crippen molar-refractivity contribution in [3.63, 3.8) is 0 Å². The molecule has 0 amide bonds. The summed E-state index contributed by atoms with van der Waals surface area (Å²) in [4.78, 5) is 0.239. The third-order valence-corrected chi connectivity index (χ3v) is 3.58. The molecule has 2 aromatic carbocycles. The summed E-state index contributed by atoms with van der Waals surface area (Å²) in [7, 11) is 0.809. The maximum atomic E-state index is 8.79. The molecule has 24 heavy (non-hydrogen) atoms. The Balaban J connectivity index is 2.37. The van der Waals surface area contributed by atoms with Crippen LogP contribution in [0.5, 0.6) is 0 Å². The Morgan fingerprint density at radius 1 is 1.29 bits per heavy atom. The van der Waals surface area contributed by atoms with Gasteiger partial charge in [-0.3, -0.25) is 0 Å². The average Bonchev–Trinajstić information content (AvgIpc) is 2.97. The highest BCUT2D eigenvalue weighted by Gasteiger charge is 2.30. The van der Waals surface area contributed by atoms with Crippen LogP contribution >= 0.6 is 11.6 Å². The van der Waals surface area contributed by atoms with Gasteiger partial charge in [0.25, 0.3) is 0 Å². The number of ether oxygens (including phenoxy) is 1. The second-order valence-corrected chi connectivity index (χ2v) is 5.34. The normalized spacial score (nSPS) is 41.6. The molecule has 1 aliphatic rings. The lowest BCUT2D eigenvalue weighted by atomic mass is 9.88. The molecule has 2 aromatic rings. The van der Waals surface area contributed by atoms with Crippen LogP contribution in [0, 0.1) is 0 Å². The molecular weight excluding hydrogens is 318 g/mol. The van der Waals surface area contributed by atoms with E-state index in [-0.39, 0.29) is 4.90 Å². The van der Waals surface area contributed by atoms with E-state index in [4.69, 9.17) is 41.0 Å². The monoisotopic (exact) mass is 361 g/mol. The van der Waals surface area contributed by atoms with Crippen molar-refractivity contribution >= 4 is 11.6 Å². The van der Waals surface area contributed by atoms with Crippen LogP contribution in [0.25, 0.3) is 0 Å². The molecule has 1 heterocycles. The lowest BCUT2D eigenvalue weighted by molar-refractivity contribution is -0.0117. The fourth-order valence-corrected chi connectivity index (χ4v) is 2.11. The number of likely N-dealkylation sites (tertiary alicyclic amines) is 1. The van der Waals surface area contributed by atoms with Crippen LogP contribution in [0.2, 0.25) is 5.02 Å². The summed E-state index contributed by atoms with van der Waals surface area (Å²) in [5, 5.41) is -0.608. The minimum Gasteiger partial charge on any atom is -0.366 e. The zero-order valence-electron chi connectivity index (χ0n) is 30.9. The standard InChI is InChI=1S/C21H26ClNO/c1-21(17-7-4-3-5-8-17,18-10-12-19(22)13-11-18)24-16-14-20-9-6-15-23(20)2/h3-5,7-8,10-13,20H,6,9,14-16H2,1-2H3/t20-,21-/m1/s1/i3D,4D,5D,6D2,7D,8D,9D2,10D,11D,12D,13D,14D2,15D2,20D. The first kappa shape index (κ1) is 5.84. The average molecular weight is 362 g/mol. The van der Waals surface area contributed by atoms with E-state index in [1.807, 2.05) is 0 Å². The molecule has 1 saturated heterocycles. The molecule has 1 aliphatic heterocycles. The van der Waals surface area contributed by atoms with Gasteiger partial charge in [0, 0.05) is 30.0 Å². The summed E-state index contributed by atoms with van der Waals surface area (Å²) in [6.45, 7) is -3.65. The van der Waals surface area contributed by atoms with E-state index in [9.17, 15) is 0 Å². The highest BCUT2D eigenvalue weighted by molar-refractivity contribution is 6.30. The van der Waals surface area contributed by atoms with Gasteiger partial charge in [0.15, 0.2) is 0 Å². The second kappa shape index (κ2) is 7.69. The van der Waals surface area contributed by atoms with Crippen molar-refractivity contribution < 1.29 is 29.4 Å². The Bertz CT molecular complexity index is 1330. The van der Waals surface area contributed by atoms with Gasteiger partial charge in [-0.2, -0.15) is 0 Å². The molecule has 0 spiro atoms. The molecule has 128 valence electrons. The molecule has 3 rings (SSSR count). The van der Waals surface area contributed by atoms with Gasteiger partial charge in [0.05, 0.1) is 12.3 Å². The van der Waals surface area contributed by atoms with Crippen molar-refractivity contribution in [3.05, 3.63) is 70.5 Å². The smallest absolute Gasteiger partial charge is 0.115 e. The van der Waals surface area contributed by atoms with Crippen LogP contribution in [0.15, 0.2) is 54.4 Å². The van der Waals surface area contributed by atoms with Crippen molar-refractivity contribution in [3.8, 4) is 0 Å². The first-order chi connectivity index (χ1) is 18.7. The third kappa shape index (κ3) is 3.83. The van der Waals surface area contributed by atoms with Crippen LogP contribution in [0.3, 0.4) is 0 Å². The summed E-state index contributed by atoms with van der Waals surface area (Å²) in [6.07, 6.45) is -10.3. The van der Waals surface area contributed by atoms with Gasteiger partial charge in [-0.05, 0) is 62.8 Å². The van der Waals surface area contributed by atoms with Gasteiger partial charge in [0.2, 0.25) is 0 Å². The van der Waals surface area contributed by atoms with Crippen LogP contribution in [-0.2, 0) is 10.3 Å². The fourth-order valence-electron chi connectivity index (χ4n) is 2.02. The molecule has 3 heteroatoms. The van der Waals surface area contributed by atoms with Gasteiger partial charge in [-0.25, -0.2) is 0 Å². The molecule has 0 saturated carbocycles. The topological polar surface area (TPSA) is 12.5 Å². The van der Waals surface area contributed by atoms with E-state index in [0.29, 0.717) is 0 Å². The van der Waals surface area contributed by atoms with Crippen LogP contribution in [-0.4, -0.2) is 31.1 Å². The predicted molar refractivity (Wildman–Crippen MR) is 101 cm³/mol. The van der Waals surface area contributed by atoms with E-state index in [1.54, 1.807) is 0 Å². The van der Waals surface area contributed by atoms with Crippen molar-refractivity contribution in [2.75, 3.05) is 20.2 Å². The number of rotatable bonds is 6. The maximum Gasteiger partial charge on any atom is 0.115 e. The number of hydrogen-bond donors (Lipinski definition) is 0. The van der Waals surface area contributed by atoms with Gasteiger partial charge in [-0.15, -0.1) is 0 Å². The highest BCUT2D eigenvalue weighted by atomic mass is 35.5. The molecule has 2 atom stereocenters. The predicted octanol–water partition coefficient (Wildman–Crippen LogP) is 5.10. The van der Waals surface area contributed by atoms with Crippen molar-refractivity contribution in [1.82, 2.24) is 4.90 Å². The van der Waals surface area contributed by atoms with E-state index in [1.165, 1.54) is 0 Å². The van der Waals surface area contributed by atoms with E-state index in [2.05, 4.69) is 0 Å². The Morgan fingerprint density at radius 3 is 2.58 bits per heavy atom. The lowest BCUT2D eigenvalue weighted by Gasteiger charge is -2.32. The Labute approximate surface area is 175 Å². The van der Waals surface area contributed by atoms with Gasteiger partial charge >= 0.3 is 0 Å². The van der Waals surface area contributed by atoms with Crippen molar-refractivity contribution in [1.29, 1.82) is 0 Å². The zero-order valence-corrected chi connectivity index (χ0v) is 13.7. The van der Waals surface area contributed by atoms with Gasteiger partial charge in [-0.1, -0.05) is 53.9 Å². The van der Waals surface area contributed by atoms with E-state index >= 15 is 0 Å². The molecule has 0 bridgehead atoms. The molecule has 2 nitrogen and oxygen atoms in total. The molecule has 0 aliphatic carbocycles. The fraction of sp³-hybridized carbons (Fsp3) is 0.429. The maximum absolute atomic E-state index is 8.79. The number of halogens is 1. The Morgan fingerprint density at radius 2 is 1.96 bits per heavy atom. The van der Waals surface area contributed by atoms with Crippen LogP contribution < -0.4 is 0 Å². The molecule has 0 radical (unpaired) electrons.